The molecule has 1 unspecified atom stereocenters. The number of nitrogens with one attached hydrogen (secondary N) is 1. The molecule has 0 fully saturated rings. The van der Waals surface area contributed by atoms with Crippen molar-refractivity contribution in [1.82, 2.24) is 5.32 Å². The summed E-state index contributed by atoms with van der Waals surface area (Å²) in [6.07, 6.45) is 0.553. The van der Waals surface area contributed by atoms with Crippen molar-refractivity contribution in [1.29, 1.82) is 0 Å². The van der Waals surface area contributed by atoms with Crippen molar-refractivity contribution in [2.45, 2.75) is 31.4 Å². The fourth-order valence-corrected chi connectivity index (χ4v) is 4.90. The van der Waals surface area contributed by atoms with Gasteiger partial charge in [-0.25, -0.2) is 9.18 Å². The van der Waals surface area contributed by atoms with Crippen LogP contribution in [0.25, 0.3) is 10.8 Å². The van der Waals surface area contributed by atoms with Crippen molar-refractivity contribution >= 4 is 16.7 Å². The van der Waals surface area contributed by atoms with Gasteiger partial charge in [-0.2, -0.15) is 0 Å². The lowest BCUT2D eigenvalue weighted by atomic mass is 9.83. The monoisotopic (exact) mass is 455 g/mol. The first-order chi connectivity index (χ1) is 16.5. The molecule has 4 aromatic rings. The van der Waals surface area contributed by atoms with Crippen molar-refractivity contribution < 1.29 is 19.0 Å². The van der Waals surface area contributed by atoms with E-state index in [1.54, 1.807) is 6.07 Å². The van der Waals surface area contributed by atoms with Crippen molar-refractivity contribution in [3.63, 3.8) is 0 Å². The summed E-state index contributed by atoms with van der Waals surface area (Å²) >= 11 is 0. The number of benzene rings is 4. The Bertz CT molecular complexity index is 1350. The largest absolute Gasteiger partial charge is 0.489 e. The molecule has 1 aliphatic rings. The van der Waals surface area contributed by atoms with E-state index in [-0.39, 0.29) is 23.6 Å². The summed E-state index contributed by atoms with van der Waals surface area (Å²) in [5.74, 6) is -1.28. The maximum Gasteiger partial charge on any atom is 0.338 e. The van der Waals surface area contributed by atoms with Crippen LogP contribution in [-0.2, 0) is 0 Å². The van der Waals surface area contributed by atoms with E-state index in [1.165, 1.54) is 28.5 Å². The van der Waals surface area contributed by atoms with E-state index in [9.17, 15) is 14.3 Å². The molecule has 4 nitrogen and oxygen atoms in total. The molecule has 5 rings (SSSR count). The SMILES string of the molecule is CC(NC[C@H]1C[C@@H](c2ccc(C(=O)O)c(F)c2)c2ccccc2O1)c1cccc2ccccc12. The Kier molecular flexibility index (Phi) is 6.03. The van der Waals surface area contributed by atoms with Gasteiger partial charge in [-0.05, 0) is 53.4 Å². The van der Waals surface area contributed by atoms with Gasteiger partial charge in [-0.15, -0.1) is 0 Å². The molecule has 0 amide bonds. The molecule has 0 saturated heterocycles. The van der Waals surface area contributed by atoms with E-state index in [0.29, 0.717) is 13.0 Å². The van der Waals surface area contributed by atoms with Crippen LogP contribution in [0.3, 0.4) is 0 Å². The molecule has 0 radical (unpaired) electrons. The summed E-state index contributed by atoms with van der Waals surface area (Å²) in [4.78, 5) is 11.2. The van der Waals surface area contributed by atoms with Crippen LogP contribution in [0.2, 0.25) is 0 Å². The number of rotatable bonds is 6. The van der Waals surface area contributed by atoms with Gasteiger partial charge in [0.2, 0.25) is 0 Å². The predicted octanol–water partition coefficient (Wildman–Crippen LogP) is 6.31. The highest BCUT2D eigenvalue weighted by Gasteiger charge is 2.30. The second-order valence-electron chi connectivity index (χ2n) is 8.81. The van der Waals surface area contributed by atoms with Crippen LogP contribution in [0.15, 0.2) is 84.9 Å². The molecule has 4 aromatic carbocycles. The second kappa shape index (κ2) is 9.27. The van der Waals surface area contributed by atoms with Crippen LogP contribution in [0, 0.1) is 5.82 Å². The molecule has 2 N–H and O–H groups in total. The number of fused-ring (bicyclic) bond motifs is 2. The predicted molar refractivity (Wildman–Crippen MR) is 131 cm³/mol. The highest BCUT2D eigenvalue weighted by atomic mass is 19.1. The fraction of sp³-hybridized carbons (Fsp3) is 0.207. The van der Waals surface area contributed by atoms with Gasteiger partial charge in [0.25, 0.3) is 0 Å². The highest BCUT2D eigenvalue weighted by Crippen LogP contribution is 2.40. The number of ether oxygens (including phenoxy) is 1. The number of halogens is 1. The maximum atomic E-state index is 14.5. The number of carboxylic acids is 1. The normalized spacial score (nSPS) is 18.2. The van der Waals surface area contributed by atoms with Crippen molar-refractivity contribution in [3.05, 3.63) is 113 Å². The minimum atomic E-state index is -1.26. The third-order valence-corrected chi connectivity index (χ3v) is 6.65. The Morgan fingerprint density at radius 1 is 1.06 bits per heavy atom. The van der Waals surface area contributed by atoms with E-state index < -0.39 is 11.8 Å². The quantitative estimate of drug-likeness (QED) is 0.358. The van der Waals surface area contributed by atoms with E-state index in [2.05, 4.69) is 48.6 Å². The Labute approximate surface area is 198 Å². The Balaban J connectivity index is 1.37. The van der Waals surface area contributed by atoms with E-state index in [0.717, 1.165) is 16.9 Å². The summed E-state index contributed by atoms with van der Waals surface area (Å²) in [6, 6.07) is 27.0. The molecule has 0 aliphatic carbocycles. The fourth-order valence-electron chi connectivity index (χ4n) is 4.90. The van der Waals surface area contributed by atoms with Crippen molar-refractivity contribution in [2.75, 3.05) is 6.54 Å². The second-order valence-corrected chi connectivity index (χ2v) is 8.81. The molecule has 172 valence electrons. The van der Waals surface area contributed by atoms with Gasteiger partial charge in [0, 0.05) is 24.1 Å². The lowest BCUT2D eigenvalue weighted by Crippen LogP contribution is -2.37. The van der Waals surface area contributed by atoms with Gasteiger partial charge in [0.15, 0.2) is 0 Å². The number of para-hydroxylation sites is 1. The molecule has 1 aliphatic heterocycles. The van der Waals surface area contributed by atoms with Crippen LogP contribution in [0.1, 0.15) is 52.4 Å². The zero-order chi connectivity index (χ0) is 23.7. The average Bonchev–Trinajstić information content (AvgIpc) is 2.86. The Hall–Kier alpha value is -3.70. The van der Waals surface area contributed by atoms with Gasteiger partial charge < -0.3 is 15.2 Å². The summed E-state index contributed by atoms with van der Waals surface area (Å²) in [5, 5.41) is 15.2. The van der Waals surface area contributed by atoms with Gasteiger partial charge in [0.1, 0.15) is 17.7 Å². The summed E-state index contributed by atoms with van der Waals surface area (Å²) in [6.45, 7) is 2.78. The molecule has 34 heavy (non-hydrogen) atoms. The molecule has 0 aromatic heterocycles. The lowest BCUT2D eigenvalue weighted by molar-refractivity contribution is 0.0691. The van der Waals surface area contributed by atoms with E-state index >= 15 is 0 Å². The van der Waals surface area contributed by atoms with Crippen LogP contribution in [-0.4, -0.2) is 23.7 Å². The number of carbonyl (C=O) groups is 1. The first kappa shape index (κ1) is 22.1. The third kappa shape index (κ3) is 4.27. The Morgan fingerprint density at radius 3 is 2.65 bits per heavy atom. The molecule has 3 atom stereocenters. The third-order valence-electron chi connectivity index (χ3n) is 6.65. The topological polar surface area (TPSA) is 58.6 Å². The standard InChI is InChI=1S/C29H26FNO3/c1-18(22-11-6-8-19-7-2-3-9-23(19)22)31-17-21-16-26(24-10-4-5-12-28(24)34-21)20-13-14-25(29(32)33)27(30)15-20/h2-15,18,21,26,31H,16-17H2,1H3,(H,32,33)/t18?,21-,26+/m1/s1. The van der Waals surface area contributed by atoms with Crippen molar-refractivity contribution in [2.24, 2.45) is 0 Å². The molecule has 0 bridgehead atoms. The maximum absolute atomic E-state index is 14.5. The van der Waals surface area contributed by atoms with Crippen LogP contribution in [0.5, 0.6) is 5.75 Å². The first-order valence-corrected chi connectivity index (χ1v) is 11.5. The van der Waals surface area contributed by atoms with Crippen molar-refractivity contribution in [3.8, 4) is 5.75 Å². The first-order valence-electron chi connectivity index (χ1n) is 11.5. The number of hydrogen-bond donors (Lipinski definition) is 2. The highest BCUT2D eigenvalue weighted by molar-refractivity contribution is 5.88. The molecular formula is C29H26FNO3. The minimum absolute atomic E-state index is 0.0815. The minimum Gasteiger partial charge on any atom is -0.489 e. The molecular weight excluding hydrogens is 429 g/mol. The summed E-state index contributed by atoms with van der Waals surface area (Å²) in [7, 11) is 0. The lowest BCUT2D eigenvalue weighted by Gasteiger charge is -2.33. The van der Waals surface area contributed by atoms with E-state index in [4.69, 9.17) is 4.74 Å². The number of hydrogen-bond acceptors (Lipinski definition) is 3. The molecule has 5 heteroatoms. The molecule has 0 spiro atoms. The number of aromatic carboxylic acids is 1. The van der Waals surface area contributed by atoms with Crippen LogP contribution < -0.4 is 10.1 Å². The van der Waals surface area contributed by atoms with Gasteiger partial charge >= 0.3 is 5.97 Å². The van der Waals surface area contributed by atoms with E-state index in [1.807, 2.05) is 30.3 Å². The summed E-state index contributed by atoms with van der Waals surface area (Å²) < 4.78 is 20.8. The zero-order valence-corrected chi connectivity index (χ0v) is 18.9. The smallest absolute Gasteiger partial charge is 0.338 e. The number of carboxylic acid groups (broad SMARTS) is 1. The van der Waals surface area contributed by atoms with Crippen LogP contribution in [0.4, 0.5) is 4.39 Å². The summed E-state index contributed by atoms with van der Waals surface area (Å²) in [5.41, 5.74) is 2.66. The zero-order valence-electron chi connectivity index (χ0n) is 18.9. The van der Waals surface area contributed by atoms with Gasteiger partial charge in [-0.3, -0.25) is 0 Å². The average molecular weight is 456 g/mol. The van der Waals surface area contributed by atoms with Crippen LogP contribution >= 0.6 is 0 Å². The van der Waals surface area contributed by atoms with Gasteiger partial charge in [0.05, 0.1) is 5.56 Å². The Morgan fingerprint density at radius 2 is 1.82 bits per heavy atom. The molecule has 1 heterocycles. The van der Waals surface area contributed by atoms with Gasteiger partial charge in [-0.1, -0.05) is 66.7 Å². The molecule has 0 saturated carbocycles.